The molecule has 0 radical (unpaired) electrons. The number of aliphatic hydroxyl groups excluding tert-OH is 3. The molecule has 0 atom stereocenters. The Balaban J connectivity index is 0.000000422. The molecular weight excluding hydrogens is 647 g/mol. The summed E-state index contributed by atoms with van der Waals surface area (Å²) in [5, 5.41) is 30.2. The first kappa shape index (κ1) is 28.0. The Morgan fingerprint density at radius 2 is 1.57 bits per heavy atom. The molecule has 3 aromatic carbocycles. The van der Waals surface area contributed by atoms with E-state index in [0.29, 0.717) is 5.69 Å². The summed E-state index contributed by atoms with van der Waals surface area (Å²) in [4.78, 5) is 14.4. The van der Waals surface area contributed by atoms with Crippen LogP contribution < -0.4 is 0 Å². The van der Waals surface area contributed by atoms with Gasteiger partial charge in [0.1, 0.15) is 0 Å². The number of nitrogens with zero attached hydrogens (tertiary/aromatic N) is 2. The summed E-state index contributed by atoms with van der Waals surface area (Å²) in [6.45, 7) is 2.67. The Morgan fingerprint density at radius 3 is 2.08 bits per heavy atom. The van der Waals surface area contributed by atoms with E-state index in [1.165, 1.54) is 30.7 Å². The van der Waals surface area contributed by atoms with Gasteiger partial charge < -0.3 is 24.9 Å². The van der Waals surface area contributed by atoms with Crippen LogP contribution in [0.3, 0.4) is 0 Å². The van der Waals surface area contributed by atoms with E-state index in [9.17, 15) is 15.0 Å². The Hall–Kier alpha value is -3.57. The molecule has 0 bridgehead atoms. The van der Waals surface area contributed by atoms with Crippen molar-refractivity contribution in [2.75, 3.05) is 0 Å². The van der Waals surface area contributed by atoms with Crippen LogP contribution in [0, 0.1) is 6.07 Å². The van der Waals surface area contributed by atoms with Crippen LogP contribution in [0.4, 0.5) is 0 Å². The van der Waals surface area contributed by atoms with E-state index in [2.05, 4.69) is 39.9 Å². The molecule has 7 heteroatoms. The van der Waals surface area contributed by atoms with Crippen molar-refractivity contribution in [2.45, 2.75) is 27.1 Å². The Labute approximate surface area is 229 Å². The van der Waals surface area contributed by atoms with Crippen molar-refractivity contribution < 1.29 is 41.2 Å². The number of allylic oxidation sites excluding steroid dienone is 2. The van der Waals surface area contributed by atoms with Crippen LogP contribution in [0.25, 0.3) is 38.8 Å². The van der Waals surface area contributed by atoms with Crippen LogP contribution in [0.15, 0.2) is 90.8 Å². The predicted octanol–water partition coefficient (Wildman–Crippen LogP) is 5.67. The number of hydrogen-bond donors (Lipinski definition) is 3. The Morgan fingerprint density at radius 1 is 0.946 bits per heavy atom. The largest absolute Gasteiger partial charge is 0.512 e. The molecule has 37 heavy (non-hydrogen) atoms. The maximum Gasteiger partial charge on any atom is 0.155 e. The molecule has 0 aliphatic heterocycles. The summed E-state index contributed by atoms with van der Waals surface area (Å²) >= 11 is 0. The molecule has 5 rings (SSSR count). The van der Waals surface area contributed by atoms with Gasteiger partial charge in [0.15, 0.2) is 5.78 Å². The van der Waals surface area contributed by atoms with E-state index < -0.39 is 0 Å². The van der Waals surface area contributed by atoms with Gasteiger partial charge in [-0.2, -0.15) is 0 Å². The van der Waals surface area contributed by atoms with Gasteiger partial charge in [-0.3, -0.25) is 4.79 Å². The van der Waals surface area contributed by atoms with Crippen LogP contribution in [0.1, 0.15) is 25.0 Å². The van der Waals surface area contributed by atoms with Gasteiger partial charge in [0.05, 0.1) is 12.4 Å². The van der Waals surface area contributed by atoms with Gasteiger partial charge in [-0.05, 0) is 49.0 Å². The smallest absolute Gasteiger partial charge is 0.155 e. The first-order valence-electron chi connectivity index (χ1n) is 11.5. The molecule has 3 N–H and O–H groups in total. The third-order valence-corrected chi connectivity index (χ3v) is 5.69. The number of carbonyl (C=O) groups is 1. The number of hydrogen-bond acceptors (Lipinski definition) is 5. The second kappa shape index (κ2) is 12.6. The summed E-state index contributed by atoms with van der Waals surface area (Å²) < 4.78 is 2.20. The summed E-state index contributed by atoms with van der Waals surface area (Å²) in [5.41, 5.74) is 6.11. The number of benzene rings is 3. The van der Waals surface area contributed by atoms with Crippen molar-refractivity contribution in [3.8, 4) is 16.9 Å². The van der Waals surface area contributed by atoms with Crippen molar-refractivity contribution >= 4 is 27.6 Å². The molecule has 0 unspecified atom stereocenters. The third-order valence-electron chi connectivity index (χ3n) is 5.69. The molecule has 2 aromatic heterocycles. The average molecular weight is 675 g/mol. The molecular formula is C30H27N2O4Pt-. The van der Waals surface area contributed by atoms with Crippen LogP contribution in [-0.4, -0.2) is 30.7 Å². The standard InChI is InChI=1S/C25H19N2O2.C5H8O2.Pt/c28-15-17-11-12-26-23(13-17)20-10-9-19(14-18(20)16-29)27-24-7-3-1-5-21(24)22-6-2-4-8-25(22)27;1-4(6)3-5(2)7;/h1-9,11-14,28-29H,15-16H2;3,6H,1-2H3;/q-1;;/b;4-3-;. The molecule has 0 aliphatic rings. The number of rotatable bonds is 5. The molecule has 0 saturated carbocycles. The SMILES string of the molecule is CC(=O)/C=C(/C)O.OCc1ccnc(-c2[c-]cc(-n3c4ccccc4c4ccccc43)cc2CO)c1.[Pt]. The number of fused-ring (bicyclic) bond motifs is 3. The van der Waals surface area contributed by atoms with Crippen LogP contribution in [0.5, 0.6) is 0 Å². The number of aliphatic hydroxyl groups is 3. The van der Waals surface area contributed by atoms with E-state index in [0.717, 1.165) is 33.4 Å². The summed E-state index contributed by atoms with van der Waals surface area (Å²) in [5.74, 6) is -0.0625. The quantitative estimate of drug-likeness (QED) is 0.127. The monoisotopic (exact) mass is 674 g/mol. The van der Waals surface area contributed by atoms with Crippen molar-refractivity contribution in [3.63, 3.8) is 0 Å². The predicted molar refractivity (Wildman–Crippen MR) is 142 cm³/mol. The second-order valence-electron chi connectivity index (χ2n) is 8.39. The summed E-state index contributed by atoms with van der Waals surface area (Å²) in [7, 11) is 0. The van der Waals surface area contributed by atoms with Gasteiger partial charge in [0.25, 0.3) is 0 Å². The molecule has 5 aromatic rings. The van der Waals surface area contributed by atoms with Gasteiger partial charge in [-0.25, -0.2) is 0 Å². The van der Waals surface area contributed by atoms with Gasteiger partial charge >= 0.3 is 0 Å². The first-order chi connectivity index (χ1) is 17.4. The molecule has 0 amide bonds. The van der Waals surface area contributed by atoms with E-state index in [1.54, 1.807) is 12.3 Å². The molecule has 2 heterocycles. The molecule has 0 saturated heterocycles. The fraction of sp³-hybridized carbons (Fsp3) is 0.133. The van der Waals surface area contributed by atoms with Gasteiger partial charge in [-0.15, -0.1) is 29.3 Å². The van der Waals surface area contributed by atoms with Gasteiger partial charge in [0.2, 0.25) is 0 Å². The molecule has 0 fully saturated rings. The van der Waals surface area contributed by atoms with Crippen LogP contribution >= 0.6 is 0 Å². The Bertz CT molecular complexity index is 1520. The van der Waals surface area contributed by atoms with Gasteiger partial charge in [-0.1, -0.05) is 42.5 Å². The van der Waals surface area contributed by atoms with Crippen molar-refractivity contribution in [1.82, 2.24) is 9.55 Å². The average Bonchev–Trinajstić information content (AvgIpc) is 3.22. The number of pyridine rings is 1. The topological polar surface area (TPSA) is 95.6 Å². The zero-order chi connectivity index (χ0) is 25.7. The summed E-state index contributed by atoms with van der Waals surface area (Å²) in [6.07, 6.45) is 2.83. The maximum atomic E-state index is 10.0. The molecule has 0 spiro atoms. The number of ketones is 1. The number of aromatic nitrogens is 2. The third kappa shape index (κ3) is 6.23. The molecule has 0 aliphatic carbocycles. The van der Waals surface area contributed by atoms with E-state index in [-0.39, 0.29) is 45.8 Å². The first-order valence-corrected chi connectivity index (χ1v) is 11.5. The minimum Gasteiger partial charge on any atom is -0.512 e. The van der Waals surface area contributed by atoms with E-state index in [4.69, 9.17) is 5.11 Å². The minimum atomic E-state index is -0.125. The van der Waals surface area contributed by atoms with E-state index >= 15 is 0 Å². The fourth-order valence-corrected chi connectivity index (χ4v) is 4.23. The number of carbonyl (C=O) groups excluding carboxylic acids is 1. The van der Waals surface area contributed by atoms with Crippen LogP contribution in [-0.2, 0) is 39.1 Å². The number of para-hydroxylation sites is 2. The summed E-state index contributed by atoms with van der Waals surface area (Å²) in [6, 6.07) is 27.5. The fourth-order valence-electron chi connectivity index (χ4n) is 4.23. The van der Waals surface area contributed by atoms with Gasteiger partial charge in [0, 0.05) is 61.8 Å². The van der Waals surface area contributed by atoms with E-state index in [1.807, 2.05) is 42.5 Å². The second-order valence-corrected chi connectivity index (χ2v) is 8.39. The maximum absolute atomic E-state index is 10.0. The van der Waals surface area contributed by atoms with Crippen molar-refractivity contribution in [1.29, 1.82) is 0 Å². The zero-order valence-electron chi connectivity index (χ0n) is 20.5. The van der Waals surface area contributed by atoms with Crippen molar-refractivity contribution in [3.05, 3.63) is 108 Å². The minimum absolute atomic E-state index is 0. The Kier molecular flexibility index (Phi) is 9.53. The van der Waals surface area contributed by atoms with Crippen molar-refractivity contribution in [2.24, 2.45) is 0 Å². The normalized spacial score (nSPS) is 11.1. The molecule has 192 valence electrons. The zero-order valence-corrected chi connectivity index (χ0v) is 22.7. The van der Waals surface area contributed by atoms with Crippen LogP contribution in [0.2, 0.25) is 0 Å². The molecule has 6 nitrogen and oxygen atoms in total.